The smallest absolute Gasteiger partial charge is 0.329 e. The topological polar surface area (TPSA) is 84.9 Å². The minimum Gasteiger partial charge on any atom is -0.481 e. The van der Waals surface area contributed by atoms with Gasteiger partial charge in [0.05, 0.1) is 0 Å². The quantitative estimate of drug-likeness (QED) is 0.628. The van der Waals surface area contributed by atoms with Gasteiger partial charge in [-0.05, 0) is 25.8 Å². The average molecular weight is 286 g/mol. The van der Waals surface area contributed by atoms with Crippen molar-refractivity contribution < 1.29 is 14.7 Å². The van der Waals surface area contributed by atoms with Crippen molar-refractivity contribution in [2.75, 3.05) is 39.8 Å². The predicted molar refractivity (Wildman–Crippen MR) is 76.3 cm³/mol. The number of urea groups is 1. The largest absolute Gasteiger partial charge is 0.481 e. The molecular formula is C13H26N4O3. The van der Waals surface area contributed by atoms with Crippen LogP contribution >= 0.6 is 0 Å². The number of nitrogens with zero attached hydrogens (tertiary/aromatic N) is 2. The molecule has 0 saturated carbocycles. The van der Waals surface area contributed by atoms with E-state index in [2.05, 4.69) is 22.7 Å². The van der Waals surface area contributed by atoms with Gasteiger partial charge in [-0.15, -0.1) is 0 Å². The van der Waals surface area contributed by atoms with Crippen LogP contribution in [0.25, 0.3) is 0 Å². The van der Waals surface area contributed by atoms with Crippen LogP contribution in [0.2, 0.25) is 0 Å². The van der Waals surface area contributed by atoms with Crippen molar-refractivity contribution in [2.45, 2.75) is 26.2 Å². The SMILES string of the molecule is CC(CCNC(=O)NN1CCN(C)CC1)CCC(=O)O. The third kappa shape index (κ3) is 7.30. The molecule has 0 radical (unpaired) electrons. The molecule has 1 rings (SSSR count). The Labute approximate surface area is 120 Å². The van der Waals surface area contributed by atoms with Crippen LogP contribution in [0.4, 0.5) is 4.79 Å². The summed E-state index contributed by atoms with van der Waals surface area (Å²) in [4.78, 5) is 24.3. The number of carboxylic acid groups (broad SMARTS) is 1. The second-order valence-corrected chi connectivity index (χ2v) is 5.48. The third-order valence-corrected chi connectivity index (χ3v) is 3.54. The summed E-state index contributed by atoms with van der Waals surface area (Å²) in [6.45, 7) is 6.14. The number of nitrogens with one attached hydrogen (secondary N) is 2. The van der Waals surface area contributed by atoms with Gasteiger partial charge < -0.3 is 15.3 Å². The number of hydrogen-bond donors (Lipinski definition) is 3. The fourth-order valence-corrected chi connectivity index (χ4v) is 2.05. The molecule has 1 unspecified atom stereocenters. The molecule has 0 aromatic rings. The summed E-state index contributed by atoms with van der Waals surface area (Å²) >= 11 is 0. The molecule has 7 nitrogen and oxygen atoms in total. The van der Waals surface area contributed by atoms with Gasteiger partial charge in [0.25, 0.3) is 0 Å². The van der Waals surface area contributed by atoms with E-state index in [1.807, 2.05) is 11.9 Å². The number of piperazine rings is 1. The Hall–Kier alpha value is -1.34. The summed E-state index contributed by atoms with van der Waals surface area (Å²) in [7, 11) is 2.07. The van der Waals surface area contributed by atoms with Crippen LogP contribution in [0.15, 0.2) is 0 Å². The number of rotatable bonds is 7. The maximum absolute atomic E-state index is 11.7. The van der Waals surface area contributed by atoms with Crippen molar-refractivity contribution in [1.29, 1.82) is 0 Å². The predicted octanol–water partition coefficient (Wildman–Crippen LogP) is 0.339. The van der Waals surface area contributed by atoms with Crippen molar-refractivity contribution >= 4 is 12.0 Å². The first kappa shape index (κ1) is 16.7. The van der Waals surface area contributed by atoms with Crippen LogP contribution in [-0.2, 0) is 4.79 Å². The zero-order valence-electron chi connectivity index (χ0n) is 12.4. The lowest BCUT2D eigenvalue weighted by Gasteiger charge is -2.32. The van der Waals surface area contributed by atoms with Crippen molar-refractivity contribution in [3.8, 4) is 0 Å². The Bertz CT molecular complexity index is 317. The lowest BCUT2D eigenvalue weighted by Crippen LogP contribution is -2.54. The number of carboxylic acids is 1. The molecule has 0 aromatic carbocycles. The van der Waals surface area contributed by atoms with Crippen LogP contribution in [0.5, 0.6) is 0 Å². The van der Waals surface area contributed by atoms with Gasteiger partial charge in [-0.1, -0.05) is 6.92 Å². The van der Waals surface area contributed by atoms with Gasteiger partial charge in [0.15, 0.2) is 0 Å². The molecule has 1 heterocycles. The summed E-state index contributed by atoms with van der Waals surface area (Å²) in [5.74, 6) is -0.465. The van der Waals surface area contributed by atoms with E-state index in [4.69, 9.17) is 5.11 Å². The minimum atomic E-state index is -0.766. The molecule has 3 N–H and O–H groups in total. The molecule has 20 heavy (non-hydrogen) atoms. The average Bonchev–Trinajstić information content (AvgIpc) is 2.39. The number of hydrazine groups is 1. The lowest BCUT2D eigenvalue weighted by molar-refractivity contribution is -0.137. The van der Waals surface area contributed by atoms with Gasteiger partial charge in [0, 0.05) is 39.1 Å². The molecule has 1 aliphatic heterocycles. The standard InChI is InChI=1S/C13H26N4O3/c1-11(3-4-12(18)19)5-6-14-13(20)15-17-9-7-16(2)8-10-17/h11H,3-10H2,1-2H3,(H,18,19)(H2,14,15,20). The normalized spacial score (nSPS) is 18.5. The van der Waals surface area contributed by atoms with E-state index in [0.29, 0.717) is 18.9 Å². The zero-order valence-corrected chi connectivity index (χ0v) is 12.4. The van der Waals surface area contributed by atoms with E-state index in [-0.39, 0.29) is 12.5 Å². The third-order valence-electron chi connectivity index (χ3n) is 3.54. The Morgan fingerprint density at radius 3 is 2.45 bits per heavy atom. The highest BCUT2D eigenvalue weighted by atomic mass is 16.4. The van der Waals surface area contributed by atoms with Gasteiger partial charge >= 0.3 is 12.0 Å². The summed E-state index contributed by atoms with van der Waals surface area (Å²) in [6, 6.07) is -0.181. The number of carbonyl (C=O) groups is 2. The molecule has 1 aliphatic rings. The van der Waals surface area contributed by atoms with Gasteiger partial charge in [0.1, 0.15) is 0 Å². The van der Waals surface area contributed by atoms with Crippen LogP contribution in [-0.4, -0.2) is 66.8 Å². The van der Waals surface area contributed by atoms with Gasteiger partial charge in [-0.2, -0.15) is 0 Å². The second-order valence-electron chi connectivity index (χ2n) is 5.48. The summed E-state index contributed by atoms with van der Waals surface area (Å²) < 4.78 is 0. The second kappa shape index (κ2) is 8.76. The molecule has 116 valence electrons. The van der Waals surface area contributed by atoms with E-state index in [1.165, 1.54) is 0 Å². The molecule has 0 aliphatic carbocycles. The Morgan fingerprint density at radius 2 is 1.85 bits per heavy atom. The highest BCUT2D eigenvalue weighted by Crippen LogP contribution is 2.08. The van der Waals surface area contributed by atoms with Crippen LogP contribution in [0.3, 0.4) is 0 Å². The number of carbonyl (C=O) groups excluding carboxylic acids is 1. The Kier molecular flexibility index (Phi) is 7.32. The zero-order chi connectivity index (χ0) is 15.0. The van der Waals surface area contributed by atoms with E-state index in [9.17, 15) is 9.59 Å². The van der Waals surface area contributed by atoms with Crippen LogP contribution in [0.1, 0.15) is 26.2 Å². The molecule has 1 atom stereocenters. The molecule has 0 aromatic heterocycles. The molecule has 1 fully saturated rings. The van der Waals surface area contributed by atoms with Crippen molar-refractivity contribution in [1.82, 2.24) is 20.7 Å². The van der Waals surface area contributed by atoms with Gasteiger partial charge in [0.2, 0.25) is 0 Å². The molecule has 0 bridgehead atoms. The Morgan fingerprint density at radius 1 is 1.20 bits per heavy atom. The molecule has 1 saturated heterocycles. The van der Waals surface area contributed by atoms with E-state index < -0.39 is 5.97 Å². The first-order valence-electron chi connectivity index (χ1n) is 7.17. The first-order valence-corrected chi connectivity index (χ1v) is 7.17. The van der Waals surface area contributed by atoms with Crippen LogP contribution in [0, 0.1) is 5.92 Å². The van der Waals surface area contributed by atoms with Crippen molar-refractivity contribution in [3.63, 3.8) is 0 Å². The first-order chi connectivity index (χ1) is 9.47. The fourth-order valence-electron chi connectivity index (χ4n) is 2.05. The summed E-state index contributed by atoms with van der Waals surface area (Å²) in [5, 5.41) is 13.3. The van der Waals surface area contributed by atoms with E-state index >= 15 is 0 Å². The maximum atomic E-state index is 11.7. The molecular weight excluding hydrogens is 260 g/mol. The number of aliphatic carboxylic acids is 1. The molecule has 2 amide bonds. The van der Waals surface area contributed by atoms with Crippen LogP contribution < -0.4 is 10.7 Å². The van der Waals surface area contributed by atoms with E-state index in [0.717, 1.165) is 32.6 Å². The monoisotopic (exact) mass is 286 g/mol. The highest BCUT2D eigenvalue weighted by Gasteiger charge is 2.15. The number of likely N-dealkylation sites (N-methyl/N-ethyl adjacent to an activating group) is 1. The minimum absolute atomic E-state index is 0.181. The molecule has 0 spiro atoms. The van der Waals surface area contributed by atoms with Crippen molar-refractivity contribution in [2.24, 2.45) is 5.92 Å². The highest BCUT2D eigenvalue weighted by molar-refractivity contribution is 5.73. The number of hydrogen-bond acceptors (Lipinski definition) is 4. The van der Waals surface area contributed by atoms with E-state index in [1.54, 1.807) is 0 Å². The fraction of sp³-hybridized carbons (Fsp3) is 0.846. The maximum Gasteiger partial charge on any atom is 0.329 e. The lowest BCUT2D eigenvalue weighted by atomic mass is 10.0. The molecule has 7 heteroatoms. The van der Waals surface area contributed by atoms with Gasteiger partial charge in [-0.3, -0.25) is 10.2 Å². The van der Waals surface area contributed by atoms with Gasteiger partial charge in [-0.25, -0.2) is 9.80 Å². The summed E-state index contributed by atoms with van der Waals surface area (Å²) in [6.07, 6.45) is 1.63. The summed E-state index contributed by atoms with van der Waals surface area (Å²) in [5.41, 5.74) is 2.83. The van der Waals surface area contributed by atoms with Crippen molar-refractivity contribution in [3.05, 3.63) is 0 Å². The Balaban J connectivity index is 2.06. The number of amides is 2.